The van der Waals surface area contributed by atoms with Gasteiger partial charge < -0.3 is 24.1 Å². The molecule has 0 bridgehead atoms. The summed E-state index contributed by atoms with van der Waals surface area (Å²) in [5.74, 6) is -1.42. The standard InChI is InChI=1S/C9H14O6/c1-9(2)14-6-4(10)5(7(11)12-3)13-8(6)15-9/h4-6,8,10H,1-3H3/t4-,5-,6+,8+/m0/s1. The van der Waals surface area contributed by atoms with Crippen LogP contribution < -0.4 is 0 Å². The van der Waals surface area contributed by atoms with Gasteiger partial charge in [0.25, 0.3) is 0 Å². The molecule has 0 aliphatic carbocycles. The lowest BCUT2D eigenvalue weighted by Gasteiger charge is -2.21. The summed E-state index contributed by atoms with van der Waals surface area (Å²) in [5.41, 5.74) is 0. The van der Waals surface area contributed by atoms with Crippen LogP contribution in [-0.4, -0.2) is 48.6 Å². The van der Waals surface area contributed by atoms with Crippen molar-refractivity contribution in [1.82, 2.24) is 0 Å². The summed E-state index contributed by atoms with van der Waals surface area (Å²) in [4.78, 5) is 11.2. The number of hydrogen-bond donors (Lipinski definition) is 1. The summed E-state index contributed by atoms with van der Waals surface area (Å²) in [6.45, 7) is 3.43. The van der Waals surface area contributed by atoms with E-state index < -0.39 is 36.4 Å². The van der Waals surface area contributed by atoms with Crippen molar-refractivity contribution in [3.05, 3.63) is 0 Å². The molecule has 1 N–H and O–H groups in total. The van der Waals surface area contributed by atoms with Gasteiger partial charge in [-0.3, -0.25) is 0 Å². The minimum atomic E-state index is -1.05. The first-order valence-electron chi connectivity index (χ1n) is 4.71. The largest absolute Gasteiger partial charge is 0.467 e. The molecule has 0 saturated carbocycles. The summed E-state index contributed by atoms with van der Waals surface area (Å²) >= 11 is 0. The fraction of sp³-hybridized carbons (Fsp3) is 0.889. The van der Waals surface area contributed by atoms with Gasteiger partial charge in [-0.15, -0.1) is 0 Å². The van der Waals surface area contributed by atoms with Crippen molar-refractivity contribution >= 4 is 5.97 Å². The van der Waals surface area contributed by atoms with E-state index >= 15 is 0 Å². The number of esters is 1. The van der Waals surface area contributed by atoms with Gasteiger partial charge in [-0.1, -0.05) is 0 Å². The molecule has 2 saturated heterocycles. The number of carbonyl (C=O) groups is 1. The summed E-state index contributed by atoms with van der Waals surface area (Å²) in [7, 11) is 1.23. The van der Waals surface area contributed by atoms with E-state index in [1.54, 1.807) is 13.8 Å². The molecule has 2 fully saturated rings. The smallest absolute Gasteiger partial charge is 0.337 e. The predicted octanol–water partition coefficient (Wildman–Crippen LogP) is -0.603. The molecule has 4 atom stereocenters. The summed E-state index contributed by atoms with van der Waals surface area (Å²) in [6, 6.07) is 0. The first-order chi connectivity index (χ1) is 6.94. The molecule has 0 amide bonds. The highest BCUT2D eigenvalue weighted by Crippen LogP contribution is 2.37. The molecule has 0 unspecified atom stereocenters. The molecule has 0 aromatic rings. The maximum Gasteiger partial charge on any atom is 0.337 e. The van der Waals surface area contributed by atoms with Crippen LogP contribution in [0.15, 0.2) is 0 Å². The number of carbonyl (C=O) groups excluding carboxylic acids is 1. The fourth-order valence-corrected chi connectivity index (χ4v) is 1.80. The van der Waals surface area contributed by atoms with Crippen LogP contribution in [0.3, 0.4) is 0 Å². The summed E-state index contributed by atoms with van der Waals surface area (Å²) in [6.07, 6.45) is -3.42. The Kier molecular flexibility index (Phi) is 2.46. The van der Waals surface area contributed by atoms with E-state index in [0.29, 0.717) is 0 Å². The van der Waals surface area contributed by atoms with E-state index in [9.17, 15) is 9.90 Å². The molecule has 2 aliphatic heterocycles. The van der Waals surface area contributed by atoms with E-state index in [1.165, 1.54) is 7.11 Å². The molecule has 0 radical (unpaired) electrons. The average molecular weight is 218 g/mol. The van der Waals surface area contributed by atoms with Gasteiger partial charge in [0.1, 0.15) is 12.2 Å². The minimum Gasteiger partial charge on any atom is -0.467 e. The Balaban J connectivity index is 2.08. The van der Waals surface area contributed by atoms with Gasteiger partial charge in [-0.25, -0.2) is 4.79 Å². The Labute approximate surface area is 87.1 Å². The molecular weight excluding hydrogens is 204 g/mol. The van der Waals surface area contributed by atoms with Crippen LogP contribution in [0.2, 0.25) is 0 Å². The van der Waals surface area contributed by atoms with Crippen LogP contribution in [0.25, 0.3) is 0 Å². The summed E-state index contributed by atoms with van der Waals surface area (Å²) in [5, 5.41) is 9.76. The van der Waals surface area contributed by atoms with E-state index in [4.69, 9.17) is 14.2 Å². The molecule has 2 heterocycles. The highest BCUT2D eigenvalue weighted by molar-refractivity contribution is 5.75. The van der Waals surface area contributed by atoms with Crippen LogP contribution in [0.5, 0.6) is 0 Å². The van der Waals surface area contributed by atoms with E-state index in [-0.39, 0.29) is 0 Å². The van der Waals surface area contributed by atoms with Gasteiger partial charge in [0.05, 0.1) is 7.11 Å². The first kappa shape index (κ1) is 10.8. The Morgan fingerprint density at radius 3 is 2.60 bits per heavy atom. The van der Waals surface area contributed by atoms with Crippen LogP contribution >= 0.6 is 0 Å². The quantitative estimate of drug-likeness (QED) is 0.592. The lowest BCUT2D eigenvalue weighted by atomic mass is 10.1. The Morgan fingerprint density at radius 2 is 2.07 bits per heavy atom. The van der Waals surface area contributed by atoms with Crippen molar-refractivity contribution in [2.45, 2.75) is 44.2 Å². The van der Waals surface area contributed by atoms with Crippen molar-refractivity contribution in [2.24, 2.45) is 0 Å². The van der Waals surface area contributed by atoms with Crippen LogP contribution in [0.4, 0.5) is 0 Å². The second-order valence-corrected chi connectivity index (χ2v) is 4.04. The second-order valence-electron chi connectivity index (χ2n) is 4.04. The first-order valence-corrected chi connectivity index (χ1v) is 4.71. The topological polar surface area (TPSA) is 74.2 Å². The molecule has 15 heavy (non-hydrogen) atoms. The Hall–Kier alpha value is -0.690. The van der Waals surface area contributed by atoms with Crippen LogP contribution in [-0.2, 0) is 23.7 Å². The van der Waals surface area contributed by atoms with Gasteiger partial charge >= 0.3 is 5.97 Å². The number of aliphatic hydroxyl groups is 1. The lowest BCUT2D eigenvalue weighted by Crippen LogP contribution is -2.39. The molecule has 0 aromatic carbocycles. The average Bonchev–Trinajstić information content (AvgIpc) is 2.60. The van der Waals surface area contributed by atoms with Crippen molar-refractivity contribution in [3.63, 3.8) is 0 Å². The Morgan fingerprint density at radius 1 is 1.40 bits per heavy atom. The molecule has 0 spiro atoms. The zero-order valence-electron chi connectivity index (χ0n) is 8.80. The normalized spacial score (nSPS) is 42.7. The van der Waals surface area contributed by atoms with E-state index in [0.717, 1.165) is 0 Å². The molecule has 6 nitrogen and oxygen atoms in total. The fourth-order valence-electron chi connectivity index (χ4n) is 1.80. The van der Waals surface area contributed by atoms with Crippen molar-refractivity contribution in [3.8, 4) is 0 Å². The third-order valence-electron chi connectivity index (χ3n) is 2.45. The molecule has 0 aromatic heterocycles. The minimum absolute atomic E-state index is 0.623. The maximum absolute atomic E-state index is 11.2. The molecule has 2 rings (SSSR count). The highest BCUT2D eigenvalue weighted by Gasteiger charge is 2.56. The van der Waals surface area contributed by atoms with Crippen LogP contribution in [0, 0.1) is 0 Å². The second kappa shape index (κ2) is 3.41. The number of ether oxygens (including phenoxy) is 4. The van der Waals surface area contributed by atoms with Crippen molar-refractivity contribution < 1.29 is 28.8 Å². The summed E-state index contributed by atoms with van der Waals surface area (Å²) < 4.78 is 20.5. The van der Waals surface area contributed by atoms with Gasteiger partial charge in [-0.05, 0) is 13.8 Å². The van der Waals surface area contributed by atoms with Crippen molar-refractivity contribution in [1.29, 1.82) is 0 Å². The zero-order chi connectivity index (χ0) is 11.2. The van der Waals surface area contributed by atoms with Gasteiger partial charge in [0, 0.05) is 0 Å². The van der Waals surface area contributed by atoms with E-state index in [2.05, 4.69) is 4.74 Å². The van der Waals surface area contributed by atoms with Gasteiger partial charge in [0.15, 0.2) is 18.2 Å². The lowest BCUT2D eigenvalue weighted by molar-refractivity contribution is -0.219. The van der Waals surface area contributed by atoms with Crippen molar-refractivity contribution in [2.75, 3.05) is 7.11 Å². The number of rotatable bonds is 1. The van der Waals surface area contributed by atoms with Crippen LogP contribution in [0.1, 0.15) is 13.8 Å². The highest BCUT2D eigenvalue weighted by atomic mass is 16.8. The predicted molar refractivity (Wildman–Crippen MR) is 46.7 cm³/mol. The third-order valence-corrected chi connectivity index (χ3v) is 2.45. The van der Waals surface area contributed by atoms with Gasteiger partial charge in [-0.2, -0.15) is 0 Å². The Bertz CT molecular complexity index is 276. The molecule has 86 valence electrons. The maximum atomic E-state index is 11.2. The van der Waals surface area contributed by atoms with E-state index in [1.807, 2.05) is 0 Å². The number of hydrogen-bond acceptors (Lipinski definition) is 6. The molecule has 2 aliphatic rings. The zero-order valence-corrected chi connectivity index (χ0v) is 8.80. The molecule has 6 heteroatoms. The van der Waals surface area contributed by atoms with Gasteiger partial charge in [0.2, 0.25) is 0 Å². The number of methoxy groups -OCH3 is 1. The number of fused-ring (bicyclic) bond motifs is 1. The third kappa shape index (κ3) is 1.74. The number of aliphatic hydroxyl groups excluding tert-OH is 1. The SMILES string of the molecule is COC(=O)[C@H]1O[C@@H]2OC(C)(C)O[C@@H]2[C@H]1O. The molecular formula is C9H14O6. The monoisotopic (exact) mass is 218 g/mol.